The highest BCUT2D eigenvalue weighted by atomic mass is 14.0. The maximum Gasteiger partial charge on any atom is 0.0243 e. The Morgan fingerprint density at radius 1 is 1.36 bits per heavy atom. The van der Waals surface area contributed by atoms with Crippen molar-refractivity contribution in [3.05, 3.63) is 42.0 Å². The largest absolute Gasteiger partial charge is 0.115 e. The molecule has 0 atom stereocenters. The van der Waals surface area contributed by atoms with Gasteiger partial charge in [0.05, 0.1) is 0 Å². The number of terminal acetylenes is 1. The molecule has 0 aliphatic heterocycles. The number of hydrogen-bond acceptors (Lipinski definition) is 0. The molecule has 0 saturated heterocycles. The van der Waals surface area contributed by atoms with Crippen LogP contribution >= 0.6 is 0 Å². The fourth-order valence-electron chi connectivity index (χ4n) is 0.851. The molecule has 0 spiro atoms. The average molecular weight is 142 g/mol. The first kappa shape index (κ1) is 7.63. The third kappa shape index (κ3) is 1.72. The van der Waals surface area contributed by atoms with E-state index in [0.717, 1.165) is 16.7 Å². The van der Waals surface area contributed by atoms with Crippen molar-refractivity contribution in [2.45, 2.75) is 6.92 Å². The summed E-state index contributed by atoms with van der Waals surface area (Å²) >= 11 is 0. The standard InChI is InChI=1S/C11H10/c1-4-10-5-7-11(8-6-10)9(2)3/h1,5-8H,2H2,3H3. The SMILES string of the molecule is C#Cc1ccc(C(=C)C)cc1. The van der Waals surface area contributed by atoms with Gasteiger partial charge in [-0.1, -0.05) is 30.2 Å². The van der Waals surface area contributed by atoms with Gasteiger partial charge < -0.3 is 0 Å². The predicted molar refractivity (Wildman–Crippen MR) is 49.1 cm³/mol. The molecule has 11 heavy (non-hydrogen) atoms. The average Bonchev–Trinajstić information content (AvgIpc) is 2.05. The van der Waals surface area contributed by atoms with Crippen LogP contribution in [0, 0.1) is 12.3 Å². The Bertz CT molecular complexity index is 296. The van der Waals surface area contributed by atoms with Crippen molar-refractivity contribution < 1.29 is 0 Å². The summed E-state index contributed by atoms with van der Waals surface area (Å²) in [4.78, 5) is 0. The maximum absolute atomic E-state index is 5.20. The molecule has 0 heteroatoms. The number of hydrogen-bond donors (Lipinski definition) is 0. The minimum atomic E-state index is 0.912. The van der Waals surface area contributed by atoms with Crippen molar-refractivity contribution in [3.63, 3.8) is 0 Å². The lowest BCUT2D eigenvalue weighted by atomic mass is 10.1. The van der Waals surface area contributed by atoms with Crippen LogP contribution in [0.15, 0.2) is 30.8 Å². The van der Waals surface area contributed by atoms with Crippen LogP contribution in [0.4, 0.5) is 0 Å². The van der Waals surface area contributed by atoms with Crippen LogP contribution in [0.1, 0.15) is 18.1 Å². The second kappa shape index (κ2) is 3.07. The molecule has 1 aromatic carbocycles. The van der Waals surface area contributed by atoms with E-state index in [0.29, 0.717) is 0 Å². The fraction of sp³-hybridized carbons (Fsp3) is 0.0909. The third-order valence-corrected chi connectivity index (χ3v) is 1.54. The third-order valence-electron chi connectivity index (χ3n) is 1.54. The van der Waals surface area contributed by atoms with Gasteiger partial charge in [0.15, 0.2) is 0 Å². The summed E-state index contributed by atoms with van der Waals surface area (Å²) in [6.45, 7) is 5.81. The van der Waals surface area contributed by atoms with E-state index in [-0.39, 0.29) is 0 Å². The van der Waals surface area contributed by atoms with Gasteiger partial charge in [-0.05, 0) is 24.6 Å². The van der Waals surface area contributed by atoms with Crippen LogP contribution in [-0.2, 0) is 0 Å². The van der Waals surface area contributed by atoms with E-state index in [1.807, 2.05) is 31.2 Å². The van der Waals surface area contributed by atoms with Gasteiger partial charge in [-0.15, -0.1) is 6.42 Å². The first-order chi connectivity index (χ1) is 5.24. The van der Waals surface area contributed by atoms with E-state index < -0.39 is 0 Å². The molecular weight excluding hydrogens is 132 g/mol. The van der Waals surface area contributed by atoms with E-state index in [1.54, 1.807) is 0 Å². The van der Waals surface area contributed by atoms with Gasteiger partial charge in [-0.2, -0.15) is 0 Å². The maximum atomic E-state index is 5.20. The van der Waals surface area contributed by atoms with Gasteiger partial charge in [0.1, 0.15) is 0 Å². The molecule has 0 amide bonds. The Kier molecular flexibility index (Phi) is 2.13. The highest BCUT2D eigenvalue weighted by molar-refractivity contribution is 5.61. The fourth-order valence-corrected chi connectivity index (χ4v) is 0.851. The first-order valence-electron chi connectivity index (χ1n) is 3.46. The lowest BCUT2D eigenvalue weighted by Crippen LogP contribution is -1.78. The van der Waals surface area contributed by atoms with Crippen molar-refractivity contribution in [2.75, 3.05) is 0 Å². The zero-order chi connectivity index (χ0) is 8.27. The molecule has 0 aliphatic rings. The van der Waals surface area contributed by atoms with Crippen LogP contribution in [-0.4, -0.2) is 0 Å². The molecular formula is C11H10. The molecule has 0 heterocycles. The summed E-state index contributed by atoms with van der Waals surface area (Å²) in [5.74, 6) is 2.56. The van der Waals surface area contributed by atoms with Gasteiger partial charge in [-0.25, -0.2) is 0 Å². The Morgan fingerprint density at radius 2 is 1.91 bits per heavy atom. The topological polar surface area (TPSA) is 0 Å². The van der Waals surface area contributed by atoms with E-state index >= 15 is 0 Å². The van der Waals surface area contributed by atoms with E-state index in [9.17, 15) is 0 Å². The molecule has 0 bridgehead atoms. The molecule has 0 N–H and O–H groups in total. The van der Waals surface area contributed by atoms with Crippen LogP contribution in [0.5, 0.6) is 0 Å². The second-order valence-electron chi connectivity index (χ2n) is 2.50. The van der Waals surface area contributed by atoms with E-state index in [2.05, 4.69) is 12.5 Å². The summed E-state index contributed by atoms with van der Waals surface area (Å²) in [6.07, 6.45) is 5.20. The minimum absolute atomic E-state index is 0.912. The van der Waals surface area contributed by atoms with Crippen molar-refractivity contribution >= 4 is 5.57 Å². The highest BCUT2D eigenvalue weighted by Crippen LogP contribution is 2.11. The van der Waals surface area contributed by atoms with Crippen molar-refractivity contribution in [1.29, 1.82) is 0 Å². The molecule has 1 rings (SSSR count). The summed E-state index contributed by atoms with van der Waals surface area (Å²) in [5, 5.41) is 0. The smallest absolute Gasteiger partial charge is 0.0243 e. The lowest BCUT2D eigenvalue weighted by Gasteiger charge is -1.97. The monoisotopic (exact) mass is 142 g/mol. The molecule has 0 aromatic heterocycles. The van der Waals surface area contributed by atoms with Crippen molar-refractivity contribution in [1.82, 2.24) is 0 Å². The van der Waals surface area contributed by atoms with Gasteiger partial charge in [0, 0.05) is 5.56 Å². The normalized spacial score (nSPS) is 8.73. The number of rotatable bonds is 1. The van der Waals surface area contributed by atoms with Gasteiger partial charge in [-0.3, -0.25) is 0 Å². The quantitative estimate of drug-likeness (QED) is 0.529. The Labute approximate surface area is 67.6 Å². The molecule has 1 aromatic rings. The van der Waals surface area contributed by atoms with Crippen LogP contribution < -0.4 is 0 Å². The molecule has 0 radical (unpaired) electrons. The molecule has 0 nitrogen and oxygen atoms in total. The molecule has 0 saturated carbocycles. The first-order valence-corrected chi connectivity index (χ1v) is 3.46. The minimum Gasteiger partial charge on any atom is -0.115 e. The molecule has 0 unspecified atom stereocenters. The van der Waals surface area contributed by atoms with Crippen LogP contribution in [0.3, 0.4) is 0 Å². The van der Waals surface area contributed by atoms with E-state index in [4.69, 9.17) is 6.42 Å². The van der Waals surface area contributed by atoms with Crippen LogP contribution in [0.25, 0.3) is 5.57 Å². The highest BCUT2D eigenvalue weighted by Gasteiger charge is 1.90. The zero-order valence-corrected chi connectivity index (χ0v) is 6.59. The summed E-state index contributed by atoms with van der Waals surface area (Å²) < 4.78 is 0. The van der Waals surface area contributed by atoms with Crippen LogP contribution in [0.2, 0.25) is 0 Å². The lowest BCUT2D eigenvalue weighted by molar-refractivity contribution is 1.56. The zero-order valence-electron chi connectivity index (χ0n) is 6.59. The Hall–Kier alpha value is -1.48. The summed E-state index contributed by atoms with van der Waals surface area (Å²) in [7, 11) is 0. The summed E-state index contributed by atoms with van der Waals surface area (Å²) in [6, 6.07) is 7.81. The van der Waals surface area contributed by atoms with Gasteiger partial charge >= 0.3 is 0 Å². The Balaban J connectivity index is 3.03. The molecule has 0 aliphatic carbocycles. The molecule has 54 valence electrons. The number of benzene rings is 1. The summed E-state index contributed by atoms with van der Waals surface area (Å²) in [5.41, 5.74) is 3.12. The van der Waals surface area contributed by atoms with E-state index in [1.165, 1.54) is 0 Å². The second-order valence-corrected chi connectivity index (χ2v) is 2.50. The van der Waals surface area contributed by atoms with Gasteiger partial charge in [0.25, 0.3) is 0 Å². The predicted octanol–water partition coefficient (Wildman–Crippen LogP) is 2.70. The Morgan fingerprint density at radius 3 is 2.27 bits per heavy atom. The van der Waals surface area contributed by atoms with Crippen molar-refractivity contribution in [3.8, 4) is 12.3 Å². The van der Waals surface area contributed by atoms with Gasteiger partial charge in [0.2, 0.25) is 0 Å². The van der Waals surface area contributed by atoms with Crippen molar-refractivity contribution in [2.24, 2.45) is 0 Å². The molecule has 0 fully saturated rings. The number of allylic oxidation sites excluding steroid dienone is 1.